The minimum absolute atomic E-state index is 0.232. The van der Waals surface area contributed by atoms with Gasteiger partial charge in [-0.3, -0.25) is 4.57 Å². The molecule has 0 saturated heterocycles. The molecule has 7 nitrogen and oxygen atoms in total. The molecule has 182 valence electrons. The lowest BCUT2D eigenvalue weighted by atomic mass is 10.1. The van der Waals surface area contributed by atoms with E-state index in [0.29, 0.717) is 6.54 Å². The van der Waals surface area contributed by atoms with Crippen molar-refractivity contribution in [3.63, 3.8) is 0 Å². The maximum atomic E-state index is 13.2. The van der Waals surface area contributed by atoms with Crippen molar-refractivity contribution in [2.24, 2.45) is 0 Å². The zero-order valence-electron chi connectivity index (χ0n) is 20.7. The summed E-state index contributed by atoms with van der Waals surface area (Å²) in [6, 6.07) is 26.5. The zero-order chi connectivity index (χ0) is 25.2. The van der Waals surface area contributed by atoms with Gasteiger partial charge < -0.3 is 9.88 Å². The molecule has 0 radical (unpaired) electrons. The van der Waals surface area contributed by atoms with Crippen LogP contribution in [0.15, 0.2) is 88.5 Å². The van der Waals surface area contributed by atoms with Crippen LogP contribution in [0.3, 0.4) is 0 Å². The molecular weight excluding hydrogens is 450 g/mol. The fourth-order valence-electron chi connectivity index (χ4n) is 4.51. The second kappa shape index (κ2) is 9.70. The highest BCUT2D eigenvalue weighted by atomic mass is 16.2. The Balaban J connectivity index is 1.51. The second-order valence-electron chi connectivity index (χ2n) is 9.07. The molecule has 0 amide bonds. The molecule has 0 fully saturated rings. The number of nitrogens with one attached hydrogen (secondary N) is 1. The number of aromatic nitrogens is 4. The normalized spacial score (nSPS) is 11.2. The molecule has 36 heavy (non-hydrogen) atoms. The zero-order valence-corrected chi connectivity index (χ0v) is 20.7. The first-order valence-electron chi connectivity index (χ1n) is 12.1. The van der Waals surface area contributed by atoms with Crippen LogP contribution in [-0.4, -0.2) is 18.7 Å². The van der Waals surface area contributed by atoms with Gasteiger partial charge in [0.15, 0.2) is 0 Å². The summed E-state index contributed by atoms with van der Waals surface area (Å²) in [5.41, 5.74) is 5.43. The van der Waals surface area contributed by atoms with Gasteiger partial charge in [-0.1, -0.05) is 60.2 Å². The minimum Gasteiger partial charge on any atom is -0.340 e. The molecule has 0 saturated carbocycles. The van der Waals surface area contributed by atoms with E-state index in [-0.39, 0.29) is 18.2 Å². The molecule has 2 aromatic heterocycles. The van der Waals surface area contributed by atoms with Crippen LogP contribution in [0.1, 0.15) is 29.3 Å². The average Bonchev–Trinajstić information content (AvgIpc) is 3.17. The molecule has 7 heteroatoms. The molecule has 5 aromatic rings. The van der Waals surface area contributed by atoms with E-state index in [9.17, 15) is 9.59 Å². The van der Waals surface area contributed by atoms with Crippen molar-refractivity contribution in [1.82, 2.24) is 18.7 Å². The quantitative estimate of drug-likeness (QED) is 0.363. The van der Waals surface area contributed by atoms with Crippen LogP contribution in [0.2, 0.25) is 0 Å². The Morgan fingerprint density at radius 1 is 0.778 bits per heavy atom. The van der Waals surface area contributed by atoms with Gasteiger partial charge in [-0.2, -0.15) is 4.98 Å². The number of aryl methyl sites for hydroxylation is 2. The second-order valence-corrected chi connectivity index (χ2v) is 9.07. The number of benzene rings is 3. The third-order valence-corrected chi connectivity index (χ3v) is 6.48. The number of nitrogens with zero attached hydrogens (tertiary/aromatic N) is 4. The smallest absolute Gasteiger partial charge is 0.340 e. The van der Waals surface area contributed by atoms with E-state index in [2.05, 4.69) is 46.1 Å². The van der Waals surface area contributed by atoms with E-state index in [1.165, 1.54) is 10.1 Å². The molecule has 2 heterocycles. The van der Waals surface area contributed by atoms with Gasteiger partial charge in [0.2, 0.25) is 5.95 Å². The van der Waals surface area contributed by atoms with Crippen molar-refractivity contribution in [3.05, 3.63) is 122 Å². The summed E-state index contributed by atoms with van der Waals surface area (Å²) in [7, 11) is 0. The van der Waals surface area contributed by atoms with Gasteiger partial charge in [0.05, 0.1) is 6.54 Å². The average molecular weight is 480 g/mol. The number of anilines is 2. The molecule has 1 N–H and O–H groups in total. The number of fused-ring (bicyclic) bond motifs is 1. The molecule has 3 aromatic carbocycles. The highest BCUT2D eigenvalue weighted by Crippen LogP contribution is 2.25. The van der Waals surface area contributed by atoms with Gasteiger partial charge in [0.1, 0.15) is 0 Å². The first-order chi connectivity index (χ1) is 17.4. The predicted molar refractivity (Wildman–Crippen MR) is 144 cm³/mol. The Morgan fingerprint density at radius 2 is 1.47 bits per heavy atom. The molecular formula is C29H29N5O2. The van der Waals surface area contributed by atoms with E-state index < -0.39 is 5.69 Å². The SMILES string of the molecule is CCn1c(=O)nc(Nc2ccc3c(c2)cc(C)n3Cc2ccccc2)n(Cc2ccc(C)cc2)c1=O. The highest BCUT2D eigenvalue weighted by Gasteiger charge is 2.14. The molecule has 0 spiro atoms. The topological polar surface area (TPSA) is 73.8 Å². The first kappa shape index (κ1) is 23.4. The van der Waals surface area contributed by atoms with Crippen molar-refractivity contribution in [2.75, 3.05) is 5.32 Å². The van der Waals surface area contributed by atoms with Gasteiger partial charge >= 0.3 is 11.4 Å². The third kappa shape index (κ3) is 4.60. The van der Waals surface area contributed by atoms with Crippen LogP contribution in [-0.2, 0) is 19.6 Å². The van der Waals surface area contributed by atoms with Gasteiger partial charge in [-0.15, -0.1) is 0 Å². The summed E-state index contributed by atoms with van der Waals surface area (Å²) < 4.78 is 4.95. The van der Waals surface area contributed by atoms with E-state index in [1.54, 1.807) is 6.92 Å². The summed E-state index contributed by atoms with van der Waals surface area (Å²) in [5, 5.41) is 4.31. The van der Waals surface area contributed by atoms with E-state index >= 15 is 0 Å². The van der Waals surface area contributed by atoms with Crippen LogP contribution >= 0.6 is 0 Å². The van der Waals surface area contributed by atoms with E-state index in [4.69, 9.17) is 0 Å². The van der Waals surface area contributed by atoms with E-state index in [0.717, 1.165) is 44.5 Å². The van der Waals surface area contributed by atoms with Crippen molar-refractivity contribution in [3.8, 4) is 0 Å². The summed E-state index contributed by atoms with van der Waals surface area (Å²) in [6.07, 6.45) is 0. The van der Waals surface area contributed by atoms with Crippen molar-refractivity contribution in [1.29, 1.82) is 0 Å². The Hall–Kier alpha value is -4.39. The molecule has 0 aliphatic heterocycles. The predicted octanol–water partition coefficient (Wildman–Crippen LogP) is 4.84. The maximum absolute atomic E-state index is 13.2. The number of hydrogen-bond acceptors (Lipinski definition) is 4. The third-order valence-electron chi connectivity index (χ3n) is 6.48. The molecule has 0 atom stereocenters. The number of hydrogen-bond donors (Lipinski definition) is 1. The largest absolute Gasteiger partial charge is 0.354 e. The summed E-state index contributed by atoms with van der Waals surface area (Å²) in [4.78, 5) is 30.0. The van der Waals surface area contributed by atoms with Gasteiger partial charge in [0.25, 0.3) is 0 Å². The van der Waals surface area contributed by atoms with Crippen LogP contribution in [0.4, 0.5) is 11.6 Å². The van der Waals surface area contributed by atoms with Crippen molar-refractivity contribution >= 4 is 22.5 Å². The van der Waals surface area contributed by atoms with Crippen molar-refractivity contribution in [2.45, 2.75) is 40.4 Å². The van der Waals surface area contributed by atoms with Crippen LogP contribution in [0, 0.1) is 13.8 Å². The van der Waals surface area contributed by atoms with Crippen LogP contribution in [0.5, 0.6) is 0 Å². The van der Waals surface area contributed by atoms with E-state index in [1.807, 2.05) is 61.5 Å². The van der Waals surface area contributed by atoms with Gasteiger partial charge in [-0.25, -0.2) is 14.2 Å². The Morgan fingerprint density at radius 3 is 2.19 bits per heavy atom. The fraction of sp³-hybridized carbons (Fsp3) is 0.207. The van der Waals surface area contributed by atoms with Crippen molar-refractivity contribution < 1.29 is 0 Å². The van der Waals surface area contributed by atoms with Crippen LogP contribution in [0.25, 0.3) is 10.9 Å². The molecule has 0 aliphatic rings. The summed E-state index contributed by atoms with van der Waals surface area (Å²) in [6.45, 7) is 7.25. The first-order valence-corrected chi connectivity index (χ1v) is 12.1. The fourth-order valence-corrected chi connectivity index (χ4v) is 4.51. The summed E-state index contributed by atoms with van der Waals surface area (Å²) >= 11 is 0. The standard InChI is InChI=1S/C29H29N5O2/c1-4-32-28(35)31-27(34(29(32)36)19-23-12-10-20(2)11-13-23)30-25-14-15-26-24(17-25)16-21(3)33(26)18-22-8-6-5-7-9-22/h5-17H,4,18-19H2,1-3H3,(H,30,31,35). The van der Waals surface area contributed by atoms with Gasteiger partial charge in [-0.05, 0) is 56.2 Å². The Kier molecular flexibility index (Phi) is 6.29. The maximum Gasteiger partial charge on any atom is 0.354 e. The lowest BCUT2D eigenvalue weighted by molar-refractivity contribution is 0.576. The lowest BCUT2D eigenvalue weighted by Gasteiger charge is -2.15. The summed E-state index contributed by atoms with van der Waals surface area (Å²) in [5.74, 6) is 0.232. The van der Waals surface area contributed by atoms with Crippen LogP contribution < -0.4 is 16.7 Å². The minimum atomic E-state index is -0.559. The molecule has 0 bridgehead atoms. The Labute approximate surface area is 209 Å². The Bertz CT molecular complexity index is 1640. The van der Waals surface area contributed by atoms with Gasteiger partial charge in [0, 0.05) is 35.4 Å². The molecule has 0 unspecified atom stereocenters. The monoisotopic (exact) mass is 479 g/mol. The molecule has 0 aliphatic carbocycles. The highest BCUT2D eigenvalue weighted by molar-refractivity contribution is 5.85. The lowest BCUT2D eigenvalue weighted by Crippen LogP contribution is -2.42. The molecule has 5 rings (SSSR count). The number of rotatable bonds is 7.